The molecule has 1 heterocycles. The van der Waals surface area contributed by atoms with Gasteiger partial charge in [-0.15, -0.1) is 11.3 Å². The van der Waals surface area contributed by atoms with E-state index >= 15 is 0 Å². The predicted molar refractivity (Wildman–Crippen MR) is 69.3 cm³/mol. The molecule has 0 aliphatic heterocycles. The molecule has 0 saturated carbocycles. The third-order valence-electron chi connectivity index (χ3n) is 1.77. The number of hydrogen-bond acceptors (Lipinski definition) is 3. The van der Waals surface area contributed by atoms with Crippen LogP contribution in [0.1, 0.15) is 18.2 Å². The number of aliphatic hydroxyl groups is 1. The number of thioether (sulfide) groups is 1. The second-order valence-electron chi connectivity index (χ2n) is 3.12. The van der Waals surface area contributed by atoms with Crippen LogP contribution in [0.2, 0.25) is 0 Å². The minimum Gasteiger partial charge on any atom is -0.392 e. The van der Waals surface area contributed by atoms with Gasteiger partial charge in [-0.1, -0.05) is 6.92 Å². The van der Waals surface area contributed by atoms with Gasteiger partial charge in [0, 0.05) is 21.5 Å². The molecule has 0 fully saturated rings. The average molecular weight is 295 g/mol. The summed E-state index contributed by atoms with van der Waals surface area (Å²) in [5, 5.41) is 11.8. The van der Waals surface area contributed by atoms with Crippen molar-refractivity contribution in [3.8, 4) is 0 Å². The van der Waals surface area contributed by atoms with Crippen LogP contribution >= 0.6 is 39.0 Å². The van der Waals surface area contributed by atoms with Crippen molar-refractivity contribution in [3.63, 3.8) is 0 Å². The Balaban J connectivity index is 2.27. The second kappa shape index (κ2) is 6.88. The molecule has 1 nitrogen and oxygen atoms in total. The first-order chi connectivity index (χ1) is 6.74. The van der Waals surface area contributed by atoms with E-state index in [0.717, 1.165) is 22.4 Å². The van der Waals surface area contributed by atoms with Crippen LogP contribution in [0.4, 0.5) is 0 Å². The molecule has 0 aliphatic rings. The third-order valence-corrected chi connectivity index (χ3v) is 5.04. The fraction of sp³-hybridized carbons (Fsp3) is 0.600. The normalized spacial score (nSPS) is 13.1. The summed E-state index contributed by atoms with van der Waals surface area (Å²) in [5.74, 6) is 1.99. The molecule has 1 N–H and O–H groups in total. The maximum Gasteiger partial charge on any atom is 0.0679 e. The van der Waals surface area contributed by atoms with Crippen LogP contribution in [0.15, 0.2) is 15.9 Å². The average Bonchev–Trinajstić information content (AvgIpc) is 2.52. The summed E-state index contributed by atoms with van der Waals surface area (Å²) in [6.45, 7) is 2.16. The summed E-state index contributed by atoms with van der Waals surface area (Å²) < 4.78 is 1.13. The first kappa shape index (κ1) is 12.6. The Kier molecular flexibility index (Phi) is 6.17. The molecule has 1 aromatic rings. The minimum atomic E-state index is -0.207. The Morgan fingerprint density at radius 3 is 3.00 bits per heavy atom. The van der Waals surface area contributed by atoms with Gasteiger partial charge in [-0.25, -0.2) is 0 Å². The molecule has 0 aliphatic carbocycles. The number of halogens is 1. The molecule has 80 valence electrons. The zero-order valence-corrected chi connectivity index (χ0v) is 11.4. The first-order valence-corrected chi connectivity index (χ1v) is 7.54. The number of aliphatic hydroxyl groups excluding tert-OH is 1. The van der Waals surface area contributed by atoms with Gasteiger partial charge in [-0.2, -0.15) is 11.8 Å². The van der Waals surface area contributed by atoms with Gasteiger partial charge in [-0.3, -0.25) is 0 Å². The maximum atomic E-state index is 9.74. The van der Waals surface area contributed by atoms with Crippen molar-refractivity contribution in [1.82, 2.24) is 0 Å². The summed E-state index contributed by atoms with van der Waals surface area (Å²) >= 11 is 7.00. The number of hydrogen-bond donors (Lipinski definition) is 1. The van der Waals surface area contributed by atoms with Gasteiger partial charge in [0.05, 0.1) is 6.10 Å². The van der Waals surface area contributed by atoms with E-state index in [1.54, 1.807) is 11.3 Å². The zero-order valence-electron chi connectivity index (χ0n) is 8.20. The van der Waals surface area contributed by atoms with Crippen LogP contribution in [0.5, 0.6) is 0 Å². The molecule has 0 radical (unpaired) electrons. The Morgan fingerprint density at radius 1 is 1.64 bits per heavy atom. The molecule has 1 rings (SSSR count). The van der Waals surface area contributed by atoms with Crippen molar-refractivity contribution in [2.24, 2.45) is 0 Å². The van der Waals surface area contributed by atoms with Gasteiger partial charge in [0.15, 0.2) is 0 Å². The highest BCUT2D eigenvalue weighted by atomic mass is 79.9. The zero-order chi connectivity index (χ0) is 10.4. The van der Waals surface area contributed by atoms with Crippen LogP contribution in [0, 0.1) is 0 Å². The Morgan fingerprint density at radius 2 is 2.43 bits per heavy atom. The molecule has 1 atom stereocenters. The first-order valence-electron chi connectivity index (χ1n) is 4.71. The van der Waals surface area contributed by atoms with E-state index in [-0.39, 0.29) is 6.10 Å². The van der Waals surface area contributed by atoms with E-state index in [0.29, 0.717) is 0 Å². The van der Waals surface area contributed by atoms with Crippen LogP contribution < -0.4 is 0 Å². The van der Waals surface area contributed by atoms with Crippen LogP contribution in [-0.4, -0.2) is 22.7 Å². The SMILES string of the molecule is CCCSCC(O)Cc1sccc1Br. The molecule has 1 aromatic heterocycles. The summed E-state index contributed by atoms with van der Waals surface area (Å²) in [4.78, 5) is 1.24. The third kappa shape index (κ3) is 4.34. The predicted octanol–water partition coefficient (Wildman–Crippen LogP) is 3.56. The quantitative estimate of drug-likeness (QED) is 0.810. The number of thiophene rings is 1. The highest BCUT2D eigenvalue weighted by Gasteiger charge is 2.09. The summed E-state index contributed by atoms with van der Waals surface area (Å²) in [6.07, 6.45) is 1.75. The molecular weight excluding hydrogens is 280 g/mol. The van der Waals surface area contributed by atoms with E-state index < -0.39 is 0 Å². The molecule has 0 saturated heterocycles. The molecule has 0 bridgehead atoms. The Hall–Kier alpha value is 0.490. The van der Waals surface area contributed by atoms with Crippen LogP contribution in [0.25, 0.3) is 0 Å². The van der Waals surface area contributed by atoms with Crippen molar-refractivity contribution in [2.75, 3.05) is 11.5 Å². The van der Waals surface area contributed by atoms with E-state index in [1.165, 1.54) is 11.3 Å². The van der Waals surface area contributed by atoms with Gasteiger partial charge in [0.25, 0.3) is 0 Å². The monoisotopic (exact) mass is 294 g/mol. The standard InChI is InChI=1S/C10H15BrOS2/c1-2-4-13-7-8(12)6-10-9(11)3-5-14-10/h3,5,8,12H,2,4,6-7H2,1H3. The second-order valence-corrected chi connectivity index (χ2v) is 6.13. The Bertz CT molecular complexity index is 262. The molecule has 4 heteroatoms. The molecule has 0 amide bonds. The number of rotatable bonds is 6. The maximum absolute atomic E-state index is 9.74. The molecule has 0 aromatic carbocycles. The summed E-state index contributed by atoms with van der Waals surface area (Å²) in [5.41, 5.74) is 0. The largest absolute Gasteiger partial charge is 0.392 e. The van der Waals surface area contributed by atoms with Crippen molar-refractivity contribution < 1.29 is 5.11 Å². The molecule has 1 unspecified atom stereocenters. The van der Waals surface area contributed by atoms with E-state index in [2.05, 4.69) is 22.9 Å². The van der Waals surface area contributed by atoms with Gasteiger partial charge >= 0.3 is 0 Å². The van der Waals surface area contributed by atoms with Crippen LogP contribution in [0.3, 0.4) is 0 Å². The summed E-state index contributed by atoms with van der Waals surface area (Å²) in [6, 6.07) is 2.03. The fourth-order valence-corrected chi connectivity index (χ4v) is 3.54. The van der Waals surface area contributed by atoms with Gasteiger partial charge in [-0.05, 0) is 39.6 Å². The van der Waals surface area contributed by atoms with Crippen molar-refractivity contribution in [1.29, 1.82) is 0 Å². The van der Waals surface area contributed by atoms with Gasteiger partial charge < -0.3 is 5.11 Å². The van der Waals surface area contributed by atoms with Crippen molar-refractivity contribution >= 4 is 39.0 Å². The topological polar surface area (TPSA) is 20.2 Å². The van der Waals surface area contributed by atoms with E-state index in [9.17, 15) is 5.11 Å². The smallest absolute Gasteiger partial charge is 0.0679 e. The lowest BCUT2D eigenvalue weighted by Gasteiger charge is -2.08. The van der Waals surface area contributed by atoms with Crippen LogP contribution in [-0.2, 0) is 6.42 Å². The molecule has 14 heavy (non-hydrogen) atoms. The highest BCUT2D eigenvalue weighted by Crippen LogP contribution is 2.24. The lowest BCUT2D eigenvalue weighted by molar-refractivity contribution is 0.201. The molecule has 0 spiro atoms. The van der Waals surface area contributed by atoms with Gasteiger partial charge in [0.2, 0.25) is 0 Å². The lowest BCUT2D eigenvalue weighted by Crippen LogP contribution is -2.13. The van der Waals surface area contributed by atoms with E-state index in [1.807, 2.05) is 23.2 Å². The molecular formula is C10H15BrOS2. The van der Waals surface area contributed by atoms with Gasteiger partial charge in [0.1, 0.15) is 0 Å². The van der Waals surface area contributed by atoms with Crippen molar-refractivity contribution in [3.05, 3.63) is 20.8 Å². The Labute approximate surface area is 102 Å². The van der Waals surface area contributed by atoms with Crippen molar-refractivity contribution in [2.45, 2.75) is 25.9 Å². The summed E-state index contributed by atoms with van der Waals surface area (Å²) in [7, 11) is 0. The lowest BCUT2D eigenvalue weighted by atomic mass is 10.2. The van der Waals surface area contributed by atoms with E-state index in [4.69, 9.17) is 0 Å². The highest BCUT2D eigenvalue weighted by molar-refractivity contribution is 9.10. The fourth-order valence-electron chi connectivity index (χ4n) is 1.11. The minimum absolute atomic E-state index is 0.207.